The van der Waals surface area contributed by atoms with Gasteiger partial charge in [-0.05, 0) is 13.0 Å². The number of nitrogens with one attached hydrogen (secondary N) is 1. The van der Waals surface area contributed by atoms with Crippen molar-refractivity contribution in [3.63, 3.8) is 0 Å². The Morgan fingerprint density at radius 2 is 2.50 bits per heavy atom. The van der Waals surface area contributed by atoms with Gasteiger partial charge in [0.25, 0.3) is 0 Å². The molecule has 1 aliphatic heterocycles. The molecule has 4 nitrogen and oxygen atoms in total. The molecule has 0 bridgehead atoms. The zero-order valence-electron chi connectivity index (χ0n) is 9.94. The van der Waals surface area contributed by atoms with E-state index < -0.39 is 0 Å². The number of piperazine rings is 1. The summed E-state index contributed by atoms with van der Waals surface area (Å²) in [6, 6.07) is 4.61. The number of ether oxygens (including phenoxy) is 1. The molecular weight excluding hydrogens is 202 g/mol. The van der Waals surface area contributed by atoms with Crippen LogP contribution in [0.25, 0.3) is 0 Å². The molecule has 0 radical (unpaired) electrons. The topological polar surface area (TPSA) is 37.4 Å². The highest BCUT2D eigenvalue weighted by atomic mass is 16.5. The zero-order chi connectivity index (χ0) is 11.4. The largest absolute Gasteiger partial charge is 0.481 e. The fraction of sp³-hybridized carbons (Fsp3) is 0.583. The third kappa shape index (κ3) is 2.71. The maximum Gasteiger partial charge on any atom is 0.217 e. The van der Waals surface area contributed by atoms with Gasteiger partial charge in [0.2, 0.25) is 5.88 Å². The Morgan fingerprint density at radius 1 is 1.62 bits per heavy atom. The molecule has 2 heterocycles. The van der Waals surface area contributed by atoms with Gasteiger partial charge in [0.05, 0.1) is 7.11 Å². The van der Waals surface area contributed by atoms with Crippen molar-refractivity contribution in [3.8, 4) is 5.88 Å². The zero-order valence-corrected chi connectivity index (χ0v) is 9.94. The van der Waals surface area contributed by atoms with Gasteiger partial charge in [0, 0.05) is 44.0 Å². The molecule has 0 amide bonds. The first-order valence-electron chi connectivity index (χ1n) is 5.73. The minimum atomic E-state index is 0.566. The molecule has 0 aromatic carbocycles. The van der Waals surface area contributed by atoms with E-state index in [4.69, 9.17) is 4.74 Å². The van der Waals surface area contributed by atoms with Crippen LogP contribution in [-0.2, 0) is 6.54 Å². The maximum atomic E-state index is 5.26. The maximum absolute atomic E-state index is 5.26. The van der Waals surface area contributed by atoms with Crippen LogP contribution in [0.2, 0.25) is 0 Å². The summed E-state index contributed by atoms with van der Waals surface area (Å²) in [5.74, 6) is 0.744. The van der Waals surface area contributed by atoms with Crippen molar-refractivity contribution < 1.29 is 4.74 Å². The molecule has 1 atom stereocenters. The monoisotopic (exact) mass is 221 g/mol. The smallest absolute Gasteiger partial charge is 0.217 e. The Bertz CT molecular complexity index is 343. The second-order valence-corrected chi connectivity index (χ2v) is 4.26. The van der Waals surface area contributed by atoms with Gasteiger partial charge in [-0.15, -0.1) is 0 Å². The van der Waals surface area contributed by atoms with Gasteiger partial charge < -0.3 is 10.1 Å². The van der Waals surface area contributed by atoms with E-state index in [1.54, 1.807) is 13.3 Å². The Morgan fingerprint density at radius 3 is 3.25 bits per heavy atom. The van der Waals surface area contributed by atoms with Gasteiger partial charge in [-0.3, -0.25) is 4.90 Å². The lowest BCUT2D eigenvalue weighted by Gasteiger charge is -2.31. The van der Waals surface area contributed by atoms with Crippen LogP contribution in [0.5, 0.6) is 5.88 Å². The van der Waals surface area contributed by atoms with Gasteiger partial charge in [-0.25, -0.2) is 4.98 Å². The van der Waals surface area contributed by atoms with Crippen LogP contribution in [0.15, 0.2) is 18.3 Å². The second kappa shape index (κ2) is 5.27. The molecule has 0 saturated carbocycles. The minimum Gasteiger partial charge on any atom is -0.481 e. The van der Waals surface area contributed by atoms with Gasteiger partial charge in [-0.1, -0.05) is 6.07 Å². The average Bonchev–Trinajstić information content (AvgIpc) is 2.30. The van der Waals surface area contributed by atoms with Crippen LogP contribution in [0.4, 0.5) is 0 Å². The van der Waals surface area contributed by atoms with E-state index in [-0.39, 0.29) is 0 Å². The molecule has 1 fully saturated rings. The molecular formula is C12H19N3O. The first-order valence-corrected chi connectivity index (χ1v) is 5.73. The van der Waals surface area contributed by atoms with E-state index in [1.165, 1.54) is 5.56 Å². The molecule has 16 heavy (non-hydrogen) atoms. The van der Waals surface area contributed by atoms with Crippen LogP contribution in [0.1, 0.15) is 12.5 Å². The van der Waals surface area contributed by atoms with Gasteiger partial charge in [-0.2, -0.15) is 0 Å². The minimum absolute atomic E-state index is 0.566. The molecule has 1 aromatic rings. The first-order chi connectivity index (χ1) is 7.79. The number of aromatic nitrogens is 1. The number of methoxy groups -OCH3 is 1. The van der Waals surface area contributed by atoms with Crippen molar-refractivity contribution in [1.29, 1.82) is 0 Å². The van der Waals surface area contributed by atoms with Crippen molar-refractivity contribution >= 4 is 0 Å². The number of hydrogen-bond acceptors (Lipinski definition) is 4. The Kier molecular flexibility index (Phi) is 3.74. The summed E-state index contributed by atoms with van der Waals surface area (Å²) in [7, 11) is 1.67. The van der Waals surface area contributed by atoms with Crippen molar-refractivity contribution in [2.24, 2.45) is 0 Å². The average molecular weight is 221 g/mol. The molecule has 1 saturated heterocycles. The van der Waals surface area contributed by atoms with Crippen LogP contribution in [0.3, 0.4) is 0 Å². The molecule has 0 spiro atoms. The number of rotatable bonds is 3. The van der Waals surface area contributed by atoms with E-state index in [1.807, 2.05) is 6.07 Å². The first kappa shape index (κ1) is 11.4. The lowest BCUT2D eigenvalue weighted by atomic mass is 10.2. The summed E-state index contributed by atoms with van der Waals surface area (Å²) in [5.41, 5.74) is 1.17. The van der Waals surface area contributed by atoms with E-state index >= 15 is 0 Å². The molecule has 0 unspecified atom stereocenters. The lowest BCUT2D eigenvalue weighted by Crippen LogP contribution is -2.48. The summed E-state index contributed by atoms with van der Waals surface area (Å²) in [4.78, 5) is 6.65. The summed E-state index contributed by atoms with van der Waals surface area (Å²) in [6.07, 6.45) is 1.77. The van der Waals surface area contributed by atoms with E-state index in [0.29, 0.717) is 6.04 Å². The van der Waals surface area contributed by atoms with E-state index in [0.717, 1.165) is 32.1 Å². The second-order valence-electron chi connectivity index (χ2n) is 4.26. The molecule has 1 N–H and O–H groups in total. The van der Waals surface area contributed by atoms with Crippen molar-refractivity contribution in [2.45, 2.75) is 19.5 Å². The molecule has 88 valence electrons. The number of nitrogens with zero attached hydrogens (tertiary/aromatic N) is 2. The molecule has 0 aliphatic carbocycles. The fourth-order valence-corrected chi connectivity index (χ4v) is 2.12. The van der Waals surface area contributed by atoms with Crippen LogP contribution < -0.4 is 10.1 Å². The molecule has 1 aromatic heterocycles. The van der Waals surface area contributed by atoms with Gasteiger partial charge >= 0.3 is 0 Å². The Balaban J connectivity index is 2.02. The Labute approximate surface area is 96.6 Å². The molecule has 4 heteroatoms. The summed E-state index contributed by atoms with van der Waals surface area (Å²) >= 11 is 0. The quantitative estimate of drug-likeness (QED) is 0.822. The van der Waals surface area contributed by atoms with Crippen LogP contribution in [0, 0.1) is 0 Å². The van der Waals surface area contributed by atoms with Crippen molar-refractivity contribution in [3.05, 3.63) is 23.9 Å². The third-order valence-corrected chi connectivity index (χ3v) is 2.89. The van der Waals surface area contributed by atoms with Crippen molar-refractivity contribution in [1.82, 2.24) is 15.2 Å². The molecule has 1 aliphatic rings. The van der Waals surface area contributed by atoms with Crippen LogP contribution in [-0.4, -0.2) is 42.7 Å². The lowest BCUT2D eigenvalue weighted by molar-refractivity contribution is 0.197. The van der Waals surface area contributed by atoms with E-state index in [2.05, 4.69) is 28.2 Å². The Hall–Kier alpha value is -1.13. The van der Waals surface area contributed by atoms with Gasteiger partial charge in [0.15, 0.2) is 0 Å². The fourth-order valence-electron chi connectivity index (χ4n) is 2.12. The highest BCUT2D eigenvalue weighted by Crippen LogP contribution is 2.16. The third-order valence-electron chi connectivity index (χ3n) is 2.89. The highest BCUT2D eigenvalue weighted by Gasteiger charge is 2.17. The highest BCUT2D eigenvalue weighted by molar-refractivity contribution is 5.25. The van der Waals surface area contributed by atoms with Crippen LogP contribution >= 0.6 is 0 Å². The van der Waals surface area contributed by atoms with E-state index in [9.17, 15) is 0 Å². The number of hydrogen-bond donors (Lipinski definition) is 1. The SMILES string of the molecule is COc1ncccc1CN1CCN[C@H](C)C1. The predicted octanol–water partition coefficient (Wildman–Crippen LogP) is 0.884. The number of pyridine rings is 1. The predicted molar refractivity (Wildman–Crippen MR) is 63.5 cm³/mol. The summed E-state index contributed by atoms with van der Waals surface area (Å²) in [6.45, 7) is 6.36. The van der Waals surface area contributed by atoms with Crippen molar-refractivity contribution in [2.75, 3.05) is 26.7 Å². The normalized spacial score (nSPS) is 22.0. The molecule has 2 rings (SSSR count). The van der Waals surface area contributed by atoms with Gasteiger partial charge in [0.1, 0.15) is 0 Å². The summed E-state index contributed by atoms with van der Waals surface area (Å²) in [5, 5.41) is 3.44. The standard InChI is InChI=1S/C12H19N3O/c1-10-8-15(7-6-13-10)9-11-4-3-5-14-12(11)16-2/h3-5,10,13H,6-9H2,1-2H3/t10-/m1/s1. The summed E-state index contributed by atoms with van der Waals surface area (Å²) < 4.78 is 5.26.